The Morgan fingerprint density at radius 3 is 2.70 bits per heavy atom. The van der Waals surface area contributed by atoms with Gasteiger partial charge in [0.15, 0.2) is 0 Å². The maximum Gasteiger partial charge on any atom is 0.0999 e. The second-order valence-corrected chi connectivity index (χ2v) is 7.21. The summed E-state index contributed by atoms with van der Waals surface area (Å²) in [6.07, 6.45) is 11.4. The molecule has 3 aromatic rings. The first kappa shape index (κ1) is 21.7. The lowest BCUT2D eigenvalue weighted by atomic mass is 10.1. The van der Waals surface area contributed by atoms with E-state index in [0.717, 1.165) is 29.6 Å². The number of allylic oxidation sites excluding steroid dienone is 1. The minimum atomic E-state index is -0.937. The number of rotatable bonds is 9. The van der Waals surface area contributed by atoms with Crippen LogP contribution in [0.1, 0.15) is 45.3 Å². The van der Waals surface area contributed by atoms with Crippen molar-refractivity contribution in [2.24, 2.45) is 10.7 Å². The second-order valence-electron chi connectivity index (χ2n) is 7.21. The summed E-state index contributed by atoms with van der Waals surface area (Å²) in [5.74, 6) is 0. The summed E-state index contributed by atoms with van der Waals surface area (Å²) in [5, 5.41) is 27.7. The Balaban J connectivity index is 2.01. The molecule has 0 bridgehead atoms. The molecule has 3 heterocycles. The molecule has 0 saturated heterocycles. The van der Waals surface area contributed by atoms with Gasteiger partial charge in [-0.2, -0.15) is 10.2 Å². The third-order valence-electron chi connectivity index (χ3n) is 5.25. The van der Waals surface area contributed by atoms with E-state index in [0.29, 0.717) is 17.3 Å². The lowest BCUT2D eigenvalue weighted by molar-refractivity contribution is 0.0797. The van der Waals surface area contributed by atoms with Crippen molar-refractivity contribution in [2.45, 2.75) is 51.8 Å². The van der Waals surface area contributed by atoms with Crippen LogP contribution in [0.2, 0.25) is 0 Å². The SMILES string of the molecule is CCC(CC)n1cc(-c2nc(C(C=NC(C)C(O)CO)=CN)cn3nccc23)cn1. The molecule has 0 spiro atoms. The van der Waals surface area contributed by atoms with Crippen LogP contribution in [0.4, 0.5) is 0 Å². The average Bonchev–Trinajstić information content (AvgIpc) is 3.43. The van der Waals surface area contributed by atoms with E-state index in [1.54, 1.807) is 30.0 Å². The summed E-state index contributed by atoms with van der Waals surface area (Å²) >= 11 is 0. The molecular formula is C21H29N7O2. The minimum absolute atomic E-state index is 0.342. The number of aliphatic imine (C=N–C) groups is 1. The van der Waals surface area contributed by atoms with Gasteiger partial charge in [-0.05, 0) is 25.8 Å². The van der Waals surface area contributed by atoms with Crippen molar-refractivity contribution in [3.63, 3.8) is 0 Å². The number of nitrogens with two attached hydrogens (primary N) is 1. The molecule has 9 heteroatoms. The van der Waals surface area contributed by atoms with Gasteiger partial charge in [0, 0.05) is 29.7 Å². The van der Waals surface area contributed by atoms with E-state index in [4.69, 9.17) is 15.8 Å². The molecule has 0 aliphatic heterocycles. The van der Waals surface area contributed by atoms with Crippen LogP contribution < -0.4 is 5.73 Å². The molecule has 0 aromatic carbocycles. The van der Waals surface area contributed by atoms with Gasteiger partial charge in [0.1, 0.15) is 0 Å². The number of hydrogen-bond acceptors (Lipinski definition) is 7. The van der Waals surface area contributed by atoms with Crippen LogP contribution in [0.25, 0.3) is 22.3 Å². The zero-order chi connectivity index (χ0) is 21.7. The van der Waals surface area contributed by atoms with Gasteiger partial charge in [-0.15, -0.1) is 0 Å². The second kappa shape index (κ2) is 9.64. The number of nitrogens with zero attached hydrogens (tertiary/aromatic N) is 6. The Morgan fingerprint density at radius 1 is 1.27 bits per heavy atom. The Hall–Kier alpha value is -3.04. The number of aliphatic hydroxyl groups excluding tert-OH is 2. The van der Waals surface area contributed by atoms with E-state index in [1.165, 1.54) is 6.20 Å². The number of aromatic nitrogens is 5. The fourth-order valence-corrected chi connectivity index (χ4v) is 3.25. The average molecular weight is 412 g/mol. The van der Waals surface area contributed by atoms with Crippen molar-refractivity contribution in [1.82, 2.24) is 24.4 Å². The van der Waals surface area contributed by atoms with Crippen LogP contribution in [0.3, 0.4) is 0 Å². The van der Waals surface area contributed by atoms with Gasteiger partial charge >= 0.3 is 0 Å². The highest BCUT2D eigenvalue weighted by molar-refractivity contribution is 6.09. The van der Waals surface area contributed by atoms with Gasteiger partial charge in [-0.25, -0.2) is 9.50 Å². The first-order valence-corrected chi connectivity index (χ1v) is 10.2. The molecule has 160 valence electrons. The van der Waals surface area contributed by atoms with E-state index >= 15 is 0 Å². The molecule has 0 radical (unpaired) electrons. The molecule has 2 unspecified atom stereocenters. The monoisotopic (exact) mass is 411 g/mol. The largest absolute Gasteiger partial charge is 0.404 e. The standard InChI is InChI=1S/C21H29N7O2/c1-4-17(5-2)27-11-16(10-25-27)21-19-6-7-24-28(19)12-18(26-21)15(8-22)9-23-14(3)20(30)13-29/h6-12,14,17,20,29-30H,4-5,13,22H2,1-3H3. The quantitative estimate of drug-likeness (QED) is 0.463. The summed E-state index contributed by atoms with van der Waals surface area (Å²) < 4.78 is 3.73. The van der Waals surface area contributed by atoms with Crippen molar-refractivity contribution in [1.29, 1.82) is 0 Å². The van der Waals surface area contributed by atoms with Crippen molar-refractivity contribution >= 4 is 17.3 Å². The predicted octanol–water partition coefficient (Wildman–Crippen LogP) is 2.07. The van der Waals surface area contributed by atoms with Gasteiger partial charge in [-0.3, -0.25) is 9.67 Å². The van der Waals surface area contributed by atoms with Crippen LogP contribution in [-0.4, -0.2) is 59.6 Å². The highest BCUT2D eigenvalue weighted by Gasteiger charge is 2.16. The fourth-order valence-electron chi connectivity index (χ4n) is 3.25. The summed E-state index contributed by atoms with van der Waals surface area (Å²) in [7, 11) is 0. The van der Waals surface area contributed by atoms with E-state index in [-0.39, 0.29) is 6.61 Å². The first-order valence-electron chi connectivity index (χ1n) is 10.2. The van der Waals surface area contributed by atoms with Gasteiger partial charge in [0.05, 0.1) is 60.3 Å². The van der Waals surface area contributed by atoms with Crippen molar-refractivity contribution in [3.05, 3.63) is 42.7 Å². The van der Waals surface area contributed by atoms with E-state index < -0.39 is 12.1 Å². The lowest BCUT2D eigenvalue weighted by Gasteiger charge is -2.12. The molecular weight excluding hydrogens is 382 g/mol. The van der Waals surface area contributed by atoms with Gasteiger partial charge in [0.2, 0.25) is 0 Å². The van der Waals surface area contributed by atoms with Crippen molar-refractivity contribution in [2.75, 3.05) is 6.61 Å². The lowest BCUT2D eigenvalue weighted by Crippen LogP contribution is -2.25. The number of hydrogen-bond donors (Lipinski definition) is 3. The molecule has 0 fully saturated rings. The molecule has 3 aromatic heterocycles. The third kappa shape index (κ3) is 4.42. The molecule has 0 amide bonds. The number of fused-ring (bicyclic) bond motifs is 1. The predicted molar refractivity (Wildman–Crippen MR) is 117 cm³/mol. The molecule has 0 saturated carbocycles. The summed E-state index contributed by atoms with van der Waals surface area (Å²) in [4.78, 5) is 9.11. The first-order chi connectivity index (χ1) is 14.5. The summed E-state index contributed by atoms with van der Waals surface area (Å²) in [6, 6.07) is 1.77. The Kier molecular flexibility index (Phi) is 6.96. The fraction of sp³-hybridized carbons (Fsp3) is 0.429. The molecule has 3 rings (SSSR count). The number of aliphatic hydroxyl groups is 2. The molecule has 30 heavy (non-hydrogen) atoms. The smallest absolute Gasteiger partial charge is 0.0999 e. The van der Waals surface area contributed by atoms with Gasteiger partial charge in [-0.1, -0.05) is 13.8 Å². The van der Waals surface area contributed by atoms with Crippen LogP contribution in [0, 0.1) is 0 Å². The normalized spacial score (nSPS) is 14.8. The molecule has 2 atom stereocenters. The minimum Gasteiger partial charge on any atom is -0.404 e. The Labute approximate surface area is 175 Å². The third-order valence-corrected chi connectivity index (χ3v) is 5.25. The maximum absolute atomic E-state index is 9.72. The van der Waals surface area contributed by atoms with Gasteiger partial charge < -0.3 is 15.9 Å². The van der Waals surface area contributed by atoms with E-state index in [9.17, 15) is 5.11 Å². The molecule has 9 nitrogen and oxygen atoms in total. The van der Waals surface area contributed by atoms with Crippen LogP contribution in [0.5, 0.6) is 0 Å². The maximum atomic E-state index is 9.72. The molecule has 0 aliphatic carbocycles. The van der Waals surface area contributed by atoms with Crippen LogP contribution >= 0.6 is 0 Å². The highest BCUT2D eigenvalue weighted by atomic mass is 16.3. The topological polar surface area (TPSA) is 127 Å². The summed E-state index contributed by atoms with van der Waals surface area (Å²) in [5.41, 5.74) is 9.51. The van der Waals surface area contributed by atoms with E-state index in [1.807, 2.05) is 23.1 Å². The van der Waals surface area contributed by atoms with Crippen molar-refractivity contribution < 1.29 is 10.2 Å². The Morgan fingerprint density at radius 2 is 2.03 bits per heavy atom. The molecule has 0 aliphatic rings. The summed E-state index contributed by atoms with van der Waals surface area (Å²) in [6.45, 7) is 5.65. The molecule has 4 N–H and O–H groups in total. The van der Waals surface area contributed by atoms with Crippen LogP contribution in [0.15, 0.2) is 42.0 Å². The zero-order valence-corrected chi connectivity index (χ0v) is 17.5. The highest BCUT2D eigenvalue weighted by Crippen LogP contribution is 2.26. The van der Waals surface area contributed by atoms with E-state index in [2.05, 4.69) is 29.0 Å². The van der Waals surface area contributed by atoms with Crippen LogP contribution in [-0.2, 0) is 0 Å². The Bertz CT molecular complexity index is 1030. The van der Waals surface area contributed by atoms with Crippen molar-refractivity contribution in [3.8, 4) is 11.3 Å². The van der Waals surface area contributed by atoms with Gasteiger partial charge in [0.25, 0.3) is 0 Å². The zero-order valence-electron chi connectivity index (χ0n) is 17.5.